The molecule has 19 heavy (non-hydrogen) atoms. The molecule has 1 saturated carbocycles. The third kappa shape index (κ3) is 3.13. The molecular weight excluding hydrogens is 243 g/mol. The molecule has 2 aliphatic rings. The highest BCUT2D eigenvalue weighted by atomic mass is 19.1. The van der Waals surface area contributed by atoms with Crippen LogP contribution in [0, 0.1) is 11.7 Å². The van der Waals surface area contributed by atoms with E-state index in [0.717, 1.165) is 37.8 Å². The van der Waals surface area contributed by atoms with Crippen LogP contribution in [0.15, 0.2) is 18.2 Å². The van der Waals surface area contributed by atoms with Gasteiger partial charge in [0.2, 0.25) is 0 Å². The van der Waals surface area contributed by atoms with Gasteiger partial charge in [0.15, 0.2) is 0 Å². The van der Waals surface area contributed by atoms with Crippen molar-refractivity contribution >= 4 is 12.0 Å². The third-order valence-corrected chi connectivity index (χ3v) is 3.99. The summed E-state index contributed by atoms with van der Waals surface area (Å²) in [4.78, 5) is 15.4. The maximum Gasteiger partial charge on any atom is 0.150 e. The number of aldehydes is 1. The number of carbonyl (C=O) groups excluding carboxylic acids is 1. The van der Waals surface area contributed by atoms with Crippen LogP contribution in [0.1, 0.15) is 23.2 Å². The predicted molar refractivity (Wildman–Crippen MR) is 73.2 cm³/mol. The van der Waals surface area contributed by atoms with Gasteiger partial charge in [-0.1, -0.05) is 0 Å². The van der Waals surface area contributed by atoms with Gasteiger partial charge in [-0.3, -0.25) is 9.69 Å². The maximum absolute atomic E-state index is 13.4. The Morgan fingerprint density at radius 1 is 1.16 bits per heavy atom. The standard InChI is InChI=1S/C15H19FN2O/c16-14-7-13(11-19)8-15(9-14)18-5-3-17(4-6-18)10-12-1-2-12/h7-9,11-12H,1-6,10H2. The lowest BCUT2D eigenvalue weighted by atomic mass is 10.1. The van der Waals surface area contributed by atoms with Gasteiger partial charge in [-0.05, 0) is 37.0 Å². The van der Waals surface area contributed by atoms with E-state index in [0.29, 0.717) is 11.8 Å². The Hall–Kier alpha value is -1.42. The van der Waals surface area contributed by atoms with E-state index in [1.54, 1.807) is 6.07 Å². The fraction of sp³-hybridized carbons (Fsp3) is 0.533. The summed E-state index contributed by atoms with van der Waals surface area (Å²) in [5.74, 6) is 0.586. The zero-order valence-electron chi connectivity index (χ0n) is 11.0. The Balaban J connectivity index is 1.63. The maximum atomic E-state index is 13.4. The lowest BCUT2D eigenvalue weighted by Gasteiger charge is -2.36. The van der Waals surface area contributed by atoms with Crippen LogP contribution in [-0.4, -0.2) is 43.9 Å². The molecule has 1 aromatic carbocycles. The van der Waals surface area contributed by atoms with Gasteiger partial charge in [0, 0.05) is 44.0 Å². The minimum Gasteiger partial charge on any atom is -0.369 e. The van der Waals surface area contributed by atoms with Crippen molar-refractivity contribution in [1.82, 2.24) is 4.90 Å². The first kappa shape index (κ1) is 12.6. The Kier molecular flexibility index (Phi) is 3.51. The molecule has 4 heteroatoms. The first-order valence-electron chi connectivity index (χ1n) is 6.97. The minimum atomic E-state index is -0.333. The van der Waals surface area contributed by atoms with E-state index in [1.165, 1.54) is 31.5 Å². The number of nitrogens with zero attached hydrogens (tertiary/aromatic N) is 2. The second kappa shape index (κ2) is 5.29. The summed E-state index contributed by atoms with van der Waals surface area (Å²) in [6, 6.07) is 4.57. The molecule has 0 aromatic heterocycles. The molecular formula is C15H19FN2O. The van der Waals surface area contributed by atoms with Crippen molar-refractivity contribution in [1.29, 1.82) is 0 Å². The summed E-state index contributed by atoms with van der Waals surface area (Å²) in [6.45, 7) is 5.10. The van der Waals surface area contributed by atoms with Crippen LogP contribution in [0.25, 0.3) is 0 Å². The summed E-state index contributed by atoms with van der Waals surface area (Å²) < 4.78 is 13.4. The molecule has 0 radical (unpaired) electrons. The van der Waals surface area contributed by atoms with Crippen molar-refractivity contribution in [2.24, 2.45) is 5.92 Å². The second-order valence-corrected chi connectivity index (χ2v) is 5.59. The second-order valence-electron chi connectivity index (χ2n) is 5.59. The van der Waals surface area contributed by atoms with E-state index in [4.69, 9.17) is 0 Å². The van der Waals surface area contributed by atoms with Crippen molar-refractivity contribution in [3.05, 3.63) is 29.6 Å². The number of halogens is 1. The molecule has 1 saturated heterocycles. The van der Waals surface area contributed by atoms with Crippen molar-refractivity contribution in [3.63, 3.8) is 0 Å². The summed E-state index contributed by atoms with van der Waals surface area (Å²) in [5, 5.41) is 0. The number of rotatable bonds is 4. The van der Waals surface area contributed by atoms with Crippen LogP contribution in [0.4, 0.5) is 10.1 Å². The van der Waals surface area contributed by atoms with Gasteiger partial charge in [0.1, 0.15) is 12.1 Å². The number of anilines is 1. The zero-order chi connectivity index (χ0) is 13.2. The molecule has 0 unspecified atom stereocenters. The van der Waals surface area contributed by atoms with Gasteiger partial charge in [-0.15, -0.1) is 0 Å². The van der Waals surface area contributed by atoms with E-state index in [-0.39, 0.29) is 5.82 Å². The Labute approximate surface area is 113 Å². The molecule has 1 aliphatic carbocycles. The molecule has 2 fully saturated rings. The van der Waals surface area contributed by atoms with Crippen LogP contribution in [0.5, 0.6) is 0 Å². The molecule has 0 N–H and O–H groups in total. The highest BCUT2D eigenvalue weighted by Gasteiger charge is 2.26. The van der Waals surface area contributed by atoms with Crippen molar-refractivity contribution in [2.75, 3.05) is 37.6 Å². The van der Waals surface area contributed by atoms with E-state index in [1.807, 2.05) is 0 Å². The number of hydrogen-bond acceptors (Lipinski definition) is 3. The summed E-state index contributed by atoms with van der Waals surface area (Å²) >= 11 is 0. The van der Waals surface area contributed by atoms with Crippen LogP contribution in [0.2, 0.25) is 0 Å². The molecule has 0 bridgehead atoms. The average molecular weight is 262 g/mol. The van der Waals surface area contributed by atoms with Crippen molar-refractivity contribution in [3.8, 4) is 0 Å². The van der Waals surface area contributed by atoms with Crippen molar-refractivity contribution in [2.45, 2.75) is 12.8 Å². The van der Waals surface area contributed by atoms with Gasteiger partial charge in [0.05, 0.1) is 0 Å². The monoisotopic (exact) mass is 262 g/mol. The van der Waals surface area contributed by atoms with E-state index in [2.05, 4.69) is 9.80 Å². The molecule has 1 aliphatic heterocycles. The van der Waals surface area contributed by atoms with Gasteiger partial charge in [0.25, 0.3) is 0 Å². The van der Waals surface area contributed by atoms with Gasteiger partial charge < -0.3 is 4.90 Å². The Morgan fingerprint density at radius 2 is 1.89 bits per heavy atom. The smallest absolute Gasteiger partial charge is 0.150 e. The SMILES string of the molecule is O=Cc1cc(F)cc(N2CCN(CC3CC3)CC2)c1. The first-order chi connectivity index (χ1) is 9.24. The minimum absolute atomic E-state index is 0.333. The van der Waals surface area contributed by atoms with E-state index >= 15 is 0 Å². The van der Waals surface area contributed by atoms with Gasteiger partial charge >= 0.3 is 0 Å². The third-order valence-electron chi connectivity index (χ3n) is 3.99. The quantitative estimate of drug-likeness (QED) is 0.777. The molecule has 3 rings (SSSR count). The molecule has 0 spiro atoms. The number of carbonyl (C=O) groups is 1. The van der Waals surface area contributed by atoms with E-state index in [9.17, 15) is 9.18 Å². The fourth-order valence-corrected chi connectivity index (χ4v) is 2.70. The Morgan fingerprint density at radius 3 is 2.53 bits per heavy atom. The summed E-state index contributed by atoms with van der Waals surface area (Å²) in [7, 11) is 0. The highest BCUT2D eigenvalue weighted by Crippen LogP contribution is 2.30. The fourth-order valence-electron chi connectivity index (χ4n) is 2.70. The number of piperazine rings is 1. The lowest BCUT2D eigenvalue weighted by Crippen LogP contribution is -2.47. The lowest BCUT2D eigenvalue weighted by molar-refractivity contribution is 0.112. The van der Waals surface area contributed by atoms with Crippen LogP contribution in [-0.2, 0) is 0 Å². The van der Waals surface area contributed by atoms with Gasteiger partial charge in [-0.25, -0.2) is 4.39 Å². The number of benzene rings is 1. The predicted octanol–water partition coefficient (Wildman–Crippen LogP) is 2.17. The summed E-state index contributed by atoms with van der Waals surface area (Å²) in [6.07, 6.45) is 3.47. The number of hydrogen-bond donors (Lipinski definition) is 0. The molecule has 3 nitrogen and oxygen atoms in total. The van der Waals surface area contributed by atoms with Crippen LogP contribution in [0.3, 0.4) is 0 Å². The normalized spacial score (nSPS) is 20.6. The molecule has 0 amide bonds. The molecule has 102 valence electrons. The molecule has 0 atom stereocenters. The van der Waals surface area contributed by atoms with Gasteiger partial charge in [-0.2, -0.15) is 0 Å². The molecule has 1 aromatic rings. The topological polar surface area (TPSA) is 23.6 Å². The first-order valence-corrected chi connectivity index (χ1v) is 6.97. The zero-order valence-corrected chi connectivity index (χ0v) is 11.0. The van der Waals surface area contributed by atoms with Crippen molar-refractivity contribution < 1.29 is 9.18 Å². The average Bonchev–Trinajstić information content (AvgIpc) is 3.23. The Bertz CT molecular complexity index is 465. The highest BCUT2D eigenvalue weighted by molar-refractivity contribution is 5.77. The van der Waals surface area contributed by atoms with Crippen LogP contribution >= 0.6 is 0 Å². The largest absolute Gasteiger partial charge is 0.369 e. The van der Waals surface area contributed by atoms with Crippen LogP contribution < -0.4 is 4.90 Å². The van der Waals surface area contributed by atoms with E-state index < -0.39 is 0 Å². The summed E-state index contributed by atoms with van der Waals surface area (Å²) in [5.41, 5.74) is 1.24. The molecule has 1 heterocycles.